The van der Waals surface area contributed by atoms with Crippen LogP contribution in [0.2, 0.25) is 0 Å². The zero-order chi connectivity index (χ0) is 18.3. The molecule has 1 fully saturated rings. The van der Waals surface area contributed by atoms with E-state index in [2.05, 4.69) is 44.2 Å². The lowest BCUT2D eigenvalue weighted by molar-refractivity contribution is 0.137. The summed E-state index contributed by atoms with van der Waals surface area (Å²) in [5.41, 5.74) is 11.0. The van der Waals surface area contributed by atoms with Crippen molar-refractivity contribution >= 4 is 5.95 Å². The number of nitrogens with zero attached hydrogens (tertiary/aromatic N) is 5. The van der Waals surface area contributed by atoms with Crippen LogP contribution in [0.4, 0.5) is 5.95 Å². The fraction of sp³-hybridized carbons (Fsp3) is 0.381. The molecule has 0 radical (unpaired) electrons. The molecule has 3 heterocycles. The van der Waals surface area contributed by atoms with Crippen molar-refractivity contribution in [3.05, 3.63) is 65.7 Å². The molecule has 138 valence electrons. The van der Waals surface area contributed by atoms with Crippen molar-refractivity contribution in [2.75, 3.05) is 18.8 Å². The Balaban J connectivity index is 1.38. The molecule has 2 N–H and O–H groups in total. The van der Waals surface area contributed by atoms with E-state index in [0.29, 0.717) is 5.95 Å². The third-order valence-electron chi connectivity index (χ3n) is 6.00. The van der Waals surface area contributed by atoms with E-state index in [1.54, 1.807) is 0 Å². The maximum Gasteiger partial charge on any atom is 0.220 e. The lowest BCUT2D eigenvalue weighted by atomic mass is 9.77. The second-order valence-corrected chi connectivity index (χ2v) is 7.82. The van der Waals surface area contributed by atoms with Crippen molar-refractivity contribution in [1.82, 2.24) is 24.6 Å². The molecule has 2 aromatic heterocycles. The maximum absolute atomic E-state index is 5.90. The smallest absolute Gasteiger partial charge is 0.220 e. The van der Waals surface area contributed by atoms with Gasteiger partial charge in [-0.2, -0.15) is 5.10 Å². The summed E-state index contributed by atoms with van der Waals surface area (Å²) >= 11 is 0. The highest BCUT2D eigenvalue weighted by molar-refractivity contribution is 5.38. The summed E-state index contributed by atoms with van der Waals surface area (Å²) in [6, 6.07) is 10.6. The van der Waals surface area contributed by atoms with Crippen molar-refractivity contribution in [3.8, 4) is 5.69 Å². The molecular formula is C21H24N6. The van der Waals surface area contributed by atoms with Crippen LogP contribution in [0.1, 0.15) is 36.1 Å². The monoisotopic (exact) mass is 360 g/mol. The van der Waals surface area contributed by atoms with Crippen molar-refractivity contribution in [3.63, 3.8) is 0 Å². The molecule has 0 bridgehead atoms. The van der Waals surface area contributed by atoms with E-state index < -0.39 is 0 Å². The van der Waals surface area contributed by atoms with E-state index in [1.165, 1.54) is 29.7 Å². The van der Waals surface area contributed by atoms with Crippen LogP contribution < -0.4 is 5.73 Å². The van der Waals surface area contributed by atoms with Crippen molar-refractivity contribution in [2.24, 2.45) is 0 Å². The molecule has 6 nitrogen and oxygen atoms in total. The fourth-order valence-corrected chi connectivity index (χ4v) is 4.79. The van der Waals surface area contributed by atoms with E-state index in [4.69, 9.17) is 5.73 Å². The number of anilines is 1. The van der Waals surface area contributed by atoms with E-state index in [9.17, 15) is 0 Å². The average molecular weight is 360 g/mol. The Morgan fingerprint density at radius 1 is 1.19 bits per heavy atom. The predicted molar refractivity (Wildman–Crippen MR) is 105 cm³/mol. The lowest BCUT2D eigenvalue weighted by Crippen LogP contribution is -2.45. The standard InChI is InChI=1S/C21H24N6/c22-20-23-13-17-6-8-21(19(17)25-20)7-2-10-26(15-21)14-16-4-1-5-18(12-16)27-11-3-9-24-27/h1,3-5,9,11-13H,2,6-8,10,14-15H2,(H2,22,23,25). The summed E-state index contributed by atoms with van der Waals surface area (Å²) in [6.07, 6.45) is 10.3. The molecule has 1 aliphatic carbocycles. The molecule has 2 aliphatic rings. The van der Waals surface area contributed by atoms with Crippen molar-refractivity contribution < 1.29 is 0 Å². The molecule has 1 unspecified atom stereocenters. The first-order valence-corrected chi connectivity index (χ1v) is 9.65. The molecule has 1 saturated heterocycles. The van der Waals surface area contributed by atoms with Crippen molar-refractivity contribution in [1.29, 1.82) is 0 Å². The number of hydrogen-bond donors (Lipinski definition) is 1. The number of aromatic nitrogens is 4. The summed E-state index contributed by atoms with van der Waals surface area (Å²) in [4.78, 5) is 11.4. The Labute approximate surface area is 159 Å². The zero-order valence-corrected chi connectivity index (χ0v) is 15.4. The van der Waals surface area contributed by atoms with Crippen LogP contribution in [-0.2, 0) is 18.4 Å². The molecular weight excluding hydrogens is 336 g/mol. The van der Waals surface area contributed by atoms with Gasteiger partial charge in [0.15, 0.2) is 0 Å². The summed E-state index contributed by atoms with van der Waals surface area (Å²) < 4.78 is 1.91. The summed E-state index contributed by atoms with van der Waals surface area (Å²) in [7, 11) is 0. The van der Waals surface area contributed by atoms with Gasteiger partial charge in [-0.25, -0.2) is 14.6 Å². The van der Waals surface area contributed by atoms with Gasteiger partial charge >= 0.3 is 0 Å². The molecule has 5 rings (SSSR count). The first kappa shape index (κ1) is 16.4. The number of likely N-dealkylation sites (tertiary alicyclic amines) is 1. The van der Waals surface area contributed by atoms with Gasteiger partial charge in [-0.15, -0.1) is 0 Å². The highest BCUT2D eigenvalue weighted by Gasteiger charge is 2.43. The molecule has 0 amide bonds. The first-order chi connectivity index (χ1) is 13.2. The molecule has 1 atom stereocenters. The molecule has 1 aliphatic heterocycles. The molecule has 6 heteroatoms. The topological polar surface area (TPSA) is 72.9 Å². The van der Waals surface area contributed by atoms with Crippen LogP contribution in [-0.4, -0.2) is 37.7 Å². The number of aryl methyl sites for hydroxylation is 1. The van der Waals surface area contributed by atoms with Gasteiger partial charge in [0.25, 0.3) is 0 Å². The van der Waals surface area contributed by atoms with Gasteiger partial charge in [0.1, 0.15) is 0 Å². The number of hydrogen-bond acceptors (Lipinski definition) is 5. The van der Waals surface area contributed by atoms with E-state index in [-0.39, 0.29) is 5.41 Å². The fourth-order valence-electron chi connectivity index (χ4n) is 4.79. The average Bonchev–Trinajstić information content (AvgIpc) is 3.32. The van der Waals surface area contributed by atoms with E-state index >= 15 is 0 Å². The van der Waals surface area contributed by atoms with Crippen LogP contribution in [0.5, 0.6) is 0 Å². The maximum atomic E-state index is 5.90. The SMILES string of the molecule is Nc1ncc2c(n1)C1(CCCN(Cc3cccc(-n4cccn4)c3)C1)CC2. The van der Waals surface area contributed by atoms with Gasteiger partial charge in [-0.1, -0.05) is 12.1 Å². The molecule has 1 spiro atoms. The Hall–Kier alpha value is -2.73. The van der Waals surface area contributed by atoms with Gasteiger partial charge < -0.3 is 5.73 Å². The summed E-state index contributed by atoms with van der Waals surface area (Å²) in [5, 5.41) is 4.34. The molecule has 3 aromatic rings. The largest absolute Gasteiger partial charge is 0.368 e. The molecule has 27 heavy (non-hydrogen) atoms. The number of benzene rings is 1. The minimum absolute atomic E-state index is 0.143. The van der Waals surface area contributed by atoms with Crippen LogP contribution in [0.15, 0.2) is 48.9 Å². The number of piperidine rings is 1. The highest BCUT2D eigenvalue weighted by atomic mass is 15.3. The number of rotatable bonds is 3. The van der Waals surface area contributed by atoms with Crippen LogP contribution >= 0.6 is 0 Å². The van der Waals surface area contributed by atoms with Gasteiger partial charge in [0.05, 0.1) is 11.4 Å². The second kappa shape index (κ2) is 6.46. The Morgan fingerprint density at radius 3 is 3.04 bits per heavy atom. The first-order valence-electron chi connectivity index (χ1n) is 9.65. The Bertz CT molecular complexity index is 947. The third kappa shape index (κ3) is 3.00. The van der Waals surface area contributed by atoms with Crippen LogP contribution in [0.25, 0.3) is 5.69 Å². The van der Waals surface area contributed by atoms with Gasteiger partial charge in [-0.3, -0.25) is 4.90 Å². The van der Waals surface area contributed by atoms with Crippen LogP contribution in [0.3, 0.4) is 0 Å². The summed E-state index contributed by atoms with van der Waals surface area (Å²) in [6.45, 7) is 3.12. The number of fused-ring (bicyclic) bond motifs is 2. The zero-order valence-electron chi connectivity index (χ0n) is 15.4. The van der Waals surface area contributed by atoms with Crippen molar-refractivity contribution in [2.45, 2.75) is 37.6 Å². The quantitative estimate of drug-likeness (QED) is 0.777. The highest BCUT2D eigenvalue weighted by Crippen LogP contribution is 2.44. The van der Waals surface area contributed by atoms with Crippen LogP contribution in [0, 0.1) is 0 Å². The number of nitrogens with two attached hydrogens (primary N) is 1. The van der Waals surface area contributed by atoms with E-state index in [1.807, 2.05) is 29.3 Å². The number of nitrogen functional groups attached to an aromatic ring is 1. The Kier molecular flexibility index (Phi) is 3.93. The van der Waals surface area contributed by atoms with Gasteiger partial charge in [-0.05, 0) is 61.6 Å². The molecule has 1 aromatic carbocycles. The van der Waals surface area contributed by atoms with Gasteiger partial charge in [0.2, 0.25) is 5.95 Å². The van der Waals surface area contributed by atoms with Gasteiger partial charge in [0, 0.05) is 37.1 Å². The normalized spacial score (nSPS) is 22.2. The lowest BCUT2D eigenvalue weighted by Gasteiger charge is -2.40. The molecule has 0 saturated carbocycles. The second-order valence-electron chi connectivity index (χ2n) is 7.82. The minimum atomic E-state index is 0.143. The Morgan fingerprint density at radius 2 is 2.15 bits per heavy atom. The minimum Gasteiger partial charge on any atom is -0.368 e. The third-order valence-corrected chi connectivity index (χ3v) is 6.00. The summed E-state index contributed by atoms with van der Waals surface area (Å²) in [5.74, 6) is 0.402. The predicted octanol–water partition coefficient (Wildman–Crippen LogP) is 2.72. The van der Waals surface area contributed by atoms with E-state index in [0.717, 1.165) is 38.2 Å².